The van der Waals surface area contributed by atoms with Gasteiger partial charge in [-0.2, -0.15) is 5.10 Å². The Morgan fingerprint density at radius 2 is 1.69 bits per heavy atom. The van der Waals surface area contributed by atoms with Crippen LogP contribution in [0.4, 0.5) is 17.5 Å². The van der Waals surface area contributed by atoms with Crippen molar-refractivity contribution in [2.45, 2.75) is 91.1 Å². The Labute approximate surface area is 288 Å². The van der Waals surface area contributed by atoms with Crippen LogP contribution in [0.3, 0.4) is 0 Å². The molecule has 254 valence electrons. The first-order valence-corrected chi connectivity index (χ1v) is 19.6. The van der Waals surface area contributed by atoms with Gasteiger partial charge in [0.2, 0.25) is 5.75 Å². The van der Waals surface area contributed by atoms with E-state index in [1.54, 1.807) is 19.2 Å². The van der Waals surface area contributed by atoms with E-state index in [2.05, 4.69) is 25.3 Å². The second kappa shape index (κ2) is 14.5. The number of aryl methyl sites for hydroxylation is 1. The van der Waals surface area contributed by atoms with Gasteiger partial charge in [0.25, 0.3) is 0 Å². The number of sulfone groups is 1. The minimum atomic E-state index is -3.48. The highest BCUT2D eigenvalue weighted by Crippen LogP contribution is 2.40. The molecule has 0 aliphatic carbocycles. The number of methoxy groups -OCH3 is 1. The van der Waals surface area contributed by atoms with Crippen LogP contribution in [0.15, 0.2) is 75.6 Å². The fraction of sp³-hybridized carbons (Fsp3) is 0.472. The molecule has 0 saturated carbocycles. The third-order valence-corrected chi connectivity index (χ3v) is 12.7. The van der Waals surface area contributed by atoms with E-state index in [4.69, 9.17) is 14.7 Å². The summed E-state index contributed by atoms with van der Waals surface area (Å²) in [6, 6.07) is 19.8. The molecule has 0 radical (unpaired) electrons. The normalized spacial score (nSPS) is 20.2. The van der Waals surface area contributed by atoms with Crippen molar-refractivity contribution in [1.82, 2.24) is 25.1 Å². The molecule has 10 nitrogen and oxygen atoms in total. The van der Waals surface area contributed by atoms with E-state index in [-0.39, 0.29) is 5.75 Å². The van der Waals surface area contributed by atoms with Crippen LogP contribution in [0.2, 0.25) is 0 Å². The van der Waals surface area contributed by atoms with Crippen LogP contribution >= 0.6 is 11.8 Å². The molecule has 48 heavy (non-hydrogen) atoms. The Morgan fingerprint density at radius 1 is 0.958 bits per heavy atom. The number of nitrogens with one attached hydrogen (secondary N) is 2. The molecule has 3 aliphatic heterocycles. The molecular formula is C36H45N7O3S2. The summed E-state index contributed by atoms with van der Waals surface area (Å²) in [6.07, 6.45) is 10.5. The van der Waals surface area contributed by atoms with Crippen LogP contribution in [-0.4, -0.2) is 72.3 Å². The molecule has 3 aliphatic rings. The molecule has 2 aromatic heterocycles. The zero-order valence-corrected chi connectivity index (χ0v) is 29.4. The Bertz CT molecular complexity index is 1780. The molecule has 7 rings (SSSR count). The van der Waals surface area contributed by atoms with Gasteiger partial charge in [-0.3, -0.25) is 10.00 Å². The zero-order valence-electron chi connectivity index (χ0n) is 27.8. The largest absolute Gasteiger partial charge is 0.490 e. The fourth-order valence-electron chi connectivity index (χ4n) is 7.61. The van der Waals surface area contributed by atoms with Crippen molar-refractivity contribution in [2.24, 2.45) is 5.92 Å². The van der Waals surface area contributed by atoms with Gasteiger partial charge in [-0.15, -0.1) is 0 Å². The maximum atomic E-state index is 13.1. The van der Waals surface area contributed by atoms with Crippen LogP contribution in [0.1, 0.15) is 62.6 Å². The molecule has 3 fully saturated rings. The third-order valence-electron chi connectivity index (χ3n) is 10.1. The molecule has 2 aromatic carbocycles. The van der Waals surface area contributed by atoms with E-state index in [0.717, 1.165) is 60.0 Å². The summed E-state index contributed by atoms with van der Waals surface area (Å²) in [6.45, 7) is 5.00. The first kappa shape index (κ1) is 32.9. The van der Waals surface area contributed by atoms with E-state index in [9.17, 15) is 8.42 Å². The number of rotatable bonds is 12. The molecule has 12 heteroatoms. The number of nitrogens with zero attached hydrogens (tertiary/aromatic N) is 5. The van der Waals surface area contributed by atoms with Crippen molar-refractivity contribution in [1.29, 1.82) is 0 Å². The second-order valence-electron chi connectivity index (χ2n) is 13.4. The van der Waals surface area contributed by atoms with Gasteiger partial charge in [0.1, 0.15) is 0 Å². The molecular weight excluding hydrogens is 643 g/mol. The molecule has 2 N–H and O–H groups in total. The van der Waals surface area contributed by atoms with Crippen LogP contribution < -0.4 is 15.0 Å². The Morgan fingerprint density at radius 3 is 2.35 bits per heavy atom. The van der Waals surface area contributed by atoms with E-state index in [1.165, 1.54) is 56.8 Å². The molecule has 2 unspecified atom stereocenters. The molecule has 5 heterocycles. The highest BCUT2D eigenvalue weighted by molar-refractivity contribution is 7.99. The van der Waals surface area contributed by atoms with Crippen LogP contribution in [0.5, 0.6) is 5.75 Å². The van der Waals surface area contributed by atoms with Gasteiger partial charge in [-0.05, 0) is 106 Å². The van der Waals surface area contributed by atoms with Gasteiger partial charge in [0.05, 0.1) is 17.8 Å². The van der Waals surface area contributed by atoms with Gasteiger partial charge in [-0.1, -0.05) is 36.8 Å². The van der Waals surface area contributed by atoms with Crippen LogP contribution in [0, 0.1) is 12.8 Å². The summed E-state index contributed by atoms with van der Waals surface area (Å²) < 4.78 is 32.1. The van der Waals surface area contributed by atoms with Gasteiger partial charge < -0.3 is 15.0 Å². The molecule has 3 saturated heterocycles. The Hall–Kier alpha value is -3.61. The minimum absolute atomic E-state index is 0.0387. The standard InChI is InChI=1S/C36H45N7O3S2/c1-25-23-32(41-40-25)37-34-33(46-2)35(42-20-17-26(18-21-42)19-22-43-28-9-6-10-29(43)12-11-28)39-36(38-34)47-30-13-15-31(16-14-30)48(44,45)24-27-7-4-3-5-8-27/h3-5,7-8,13-16,23,26,28-29H,6,9-12,17-22,24H2,1-2H3,(H2,37,38,39,40,41). The van der Waals surface area contributed by atoms with Crippen molar-refractivity contribution in [3.63, 3.8) is 0 Å². The number of fused-ring (bicyclic) bond motifs is 2. The quantitative estimate of drug-likeness (QED) is 0.151. The highest BCUT2D eigenvalue weighted by atomic mass is 32.2. The summed E-state index contributed by atoms with van der Waals surface area (Å²) >= 11 is 1.40. The SMILES string of the molecule is COc1c(Nc2cc(C)[nH]n2)nc(Sc2ccc(S(=O)(=O)Cc3ccccc3)cc2)nc1N1CCC(CCN2C3CCCC2CC3)CC1. The molecule has 4 aromatic rings. The first-order chi connectivity index (χ1) is 23.3. The van der Waals surface area contributed by atoms with Crippen molar-refractivity contribution >= 4 is 39.1 Å². The topological polar surface area (TPSA) is 116 Å². The lowest BCUT2D eigenvalue weighted by molar-refractivity contribution is 0.128. The van der Waals surface area contributed by atoms with Crippen LogP contribution in [-0.2, 0) is 15.6 Å². The Kier molecular flexibility index (Phi) is 9.93. The number of hydrogen-bond acceptors (Lipinski definition) is 10. The molecule has 2 atom stereocenters. The third kappa shape index (κ3) is 7.50. The van der Waals surface area contributed by atoms with E-state index in [0.29, 0.717) is 33.4 Å². The Balaban J connectivity index is 1.08. The average Bonchev–Trinajstić information content (AvgIpc) is 3.60. The van der Waals surface area contributed by atoms with E-state index >= 15 is 0 Å². The predicted octanol–water partition coefficient (Wildman–Crippen LogP) is 7.01. The molecule has 2 bridgehead atoms. The summed E-state index contributed by atoms with van der Waals surface area (Å²) in [5.41, 5.74) is 1.70. The van der Waals surface area contributed by atoms with Gasteiger partial charge in [-0.25, -0.2) is 18.4 Å². The lowest BCUT2D eigenvalue weighted by atomic mass is 9.92. The zero-order chi connectivity index (χ0) is 33.1. The van der Waals surface area contributed by atoms with E-state index < -0.39 is 9.84 Å². The maximum Gasteiger partial charge on any atom is 0.204 e. The minimum Gasteiger partial charge on any atom is -0.490 e. The summed E-state index contributed by atoms with van der Waals surface area (Å²) in [4.78, 5) is 16.2. The monoisotopic (exact) mass is 687 g/mol. The van der Waals surface area contributed by atoms with Crippen molar-refractivity contribution < 1.29 is 13.2 Å². The number of benzene rings is 2. The maximum absolute atomic E-state index is 13.1. The number of hydrogen-bond donors (Lipinski definition) is 2. The summed E-state index contributed by atoms with van der Waals surface area (Å²) in [5, 5.41) is 11.2. The lowest BCUT2D eigenvalue weighted by Crippen LogP contribution is -2.41. The summed E-state index contributed by atoms with van der Waals surface area (Å²) in [7, 11) is -1.82. The summed E-state index contributed by atoms with van der Waals surface area (Å²) in [5.74, 6) is 3.21. The van der Waals surface area contributed by atoms with Gasteiger partial charge in [0.15, 0.2) is 32.4 Å². The highest BCUT2D eigenvalue weighted by Gasteiger charge is 2.36. The molecule has 0 amide bonds. The second-order valence-corrected chi connectivity index (χ2v) is 16.4. The fourth-order valence-corrected chi connectivity index (χ4v) is 9.71. The van der Waals surface area contributed by atoms with E-state index in [1.807, 2.05) is 55.5 Å². The van der Waals surface area contributed by atoms with Crippen molar-refractivity contribution in [3.05, 3.63) is 71.9 Å². The predicted molar refractivity (Wildman–Crippen MR) is 190 cm³/mol. The van der Waals surface area contributed by atoms with Crippen molar-refractivity contribution in [3.8, 4) is 5.75 Å². The number of ether oxygens (including phenoxy) is 1. The smallest absolute Gasteiger partial charge is 0.204 e. The number of anilines is 3. The van der Waals surface area contributed by atoms with Gasteiger partial charge >= 0.3 is 0 Å². The number of H-pyrrole nitrogens is 1. The van der Waals surface area contributed by atoms with Crippen molar-refractivity contribution in [2.75, 3.05) is 37.0 Å². The first-order valence-electron chi connectivity index (χ1n) is 17.1. The number of aromatic nitrogens is 4. The number of aromatic amines is 1. The number of piperidine rings is 2. The van der Waals surface area contributed by atoms with Crippen LogP contribution in [0.25, 0.3) is 0 Å². The lowest BCUT2D eigenvalue weighted by Gasteiger charge is -2.38. The molecule has 0 spiro atoms. The van der Waals surface area contributed by atoms with Gasteiger partial charge in [0, 0.05) is 41.8 Å². The average molecular weight is 688 g/mol.